The second-order valence-corrected chi connectivity index (χ2v) is 7.16. The fraction of sp³-hybridized carbons (Fsp3) is 0.550. The molecule has 0 saturated carbocycles. The van der Waals surface area contributed by atoms with Crippen molar-refractivity contribution < 1.29 is 4.74 Å². The van der Waals surface area contributed by atoms with E-state index in [0.717, 1.165) is 49.3 Å². The number of likely N-dealkylation sites (tertiary alicyclic amines) is 1. The molecule has 2 saturated heterocycles. The molecule has 6 nitrogen and oxygen atoms in total. The molecule has 4 rings (SSSR count). The SMILES string of the molecule is N#Cc1nnc2ccccc2c1N1CCC(OCCN2CCCCC2)C1. The van der Waals surface area contributed by atoms with Crippen molar-refractivity contribution in [3.8, 4) is 6.07 Å². The number of aromatic nitrogens is 2. The van der Waals surface area contributed by atoms with Gasteiger partial charge in [-0.2, -0.15) is 5.26 Å². The Morgan fingerprint density at radius 2 is 1.96 bits per heavy atom. The lowest BCUT2D eigenvalue weighted by Gasteiger charge is -2.26. The van der Waals surface area contributed by atoms with Gasteiger partial charge in [0.15, 0.2) is 5.69 Å². The molecule has 1 unspecified atom stereocenters. The van der Waals surface area contributed by atoms with Crippen LogP contribution in [0, 0.1) is 11.3 Å². The third-order valence-corrected chi connectivity index (χ3v) is 5.42. The van der Waals surface area contributed by atoms with Crippen molar-refractivity contribution in [2.45, 2.75) is 31.8 Å². The van der Waals surface area contributed by atoms with Crippen LogP contribution in [0.4, 0.5) is 5.69 Å². The van der Waals surface area contributed by atoms with Crippen LogP contribution in [0.25, 0.3) is 10.9 Å². The minimum absolute atomic E-state index is 0.221. The van der Waals surface area contributed by atoms with Crippen molar-refractivity contribution in [1.82, 2.24) is 15.1 Å². The van der Waals surface area contributed by atoms with Crippen LogP contribution in [0.1, 0.15) is 31.4 Å². The molecule has 0 aliphatic carbocycles. The molecular formula is C20H25N5O. The monoisotopic (exact) mass is 351 g/mol. The molecule has 1 aromatic heterocycles. The molecule has 1 aromatic carbocycles. The first-order valence-electron chi connectivity index (χ1n) is 9.59. The molecule has 26 heavy (non-hydrogen) atoms. The summed E-state index contributed by atoms with van der Waals surface area (Å²) >= 11 is 0. The molecule has 1 atom stereocenters. The predicted molar refractivity (Wildman–Crippen MR) is 101 cm³/mol. The maximum absolute atomic E-state index is 9.47. The third kappa shape index (κ3) is 3.64. The highest BCUT2D eigenvalue weighted by Crippen LogP contribution is 2.31. The van der Waals surface area contributed by atoms with Gasteiger partial charge in [0.05, 0.1) is 23.9 Å². The van der Waals surface area contributed by atoms with Crippen LogP contribution in [0.3, 0.4) is 0 Å². The van der Waals surface area contributed by atoms with Crippen molar-refractivity contribution in [1.29, 1.82) is 5.26 Å². The van der Waals surface area contributed by atoms with E-state index < -0.39 is 0 Å². The van der Waals surface area contributed by atoms with Gasteiger partial charge in [-0.25, -0.2) is 0 Å². The zero-order valence-electron chi connectivity index (χ0n) is 15.1. The van der Waals surface area contributed by atoms with Gasteiger partial charge in [-0.1, -0.05) is 24.6 Å². The van der Waals surface area contributed by atoms with Crippen LogP contribution in [0.15, 0.2) is 24.3 Å². The number of benzene rings is 1. The second-order valence-electron chi connectivity index (χ2n) is 7.16. The highest BCUT2D eigenvalue weighted by molar-refractivity contribution is 5.93. The zero-order chi connectivity index (χ0) is 17.8. The van der Waals surface area contributed by atoms with E-state index >= 15 is 0 Å². The number of hydrogen-bond donors (Lipinski definition) is 0. The number of ether oxygens (including phenoxy) is 1. The minimum atomic E-state index is 0.221. The van der Waals surface area contributed by atoms with Gasteiger partial charge < -0.3 is 14.5 Å². The first kappa shape index (κ1) is 17.2. The number of nitriles is 1. The summed E-state index contributed by atoms with van der Waals surface area (Å²) in [5.41, 5.74) is 2.13. The number of nitrogens with zero attached hydrogens (tertiary/aromatic N) is 5. The van der Waals surface area contributed by atoms with Gasteiger partial charge in [0.25, 0.3) is 0 Å². The summed E-state index contributed by atoms with van der Waals surface area (Å²) < 4.78 is 6.14. The first-order chi connectivity index (χ1) is 12.8. The molecule has 0 bridgehead atoms. The Labute approximate surface area is 154 Å². The Morgan fingerprint density at radius 1 is 1.12 bits per heavy atom. The number of hydrogen-bond acceptors (Lipinski definition) is 6. The Morgan fingerprint density at radius 3 is 2.81 bits per heavy atom. The minimum Gasteiger partial charge on any atom is -0.375 e. The van der Waals surface area contributed by atoms with Crippen LogP contribution in [0.2, 0.25) is 0 Å². The summed E-state index contributed by atoms with van der Waals surface area (Å²) in [6.07, 6.45) is 5.20. The highest BCUT2D eigenvalue weighted by atomic mass is 16.5. The molecule has 2 aromatic rings. The second kappa shape index (κ2) is 7.98. The van der Waals surface area contributed by atoms with E-state index in [9.17, 15) is 5.26 Å². The Hall–Kier alpha value is -2.23. The zero-order valence-corrected chi connectivity index (χ0v) is 15.1. The molecule has 2 fully saturated rings. The number of fused-ring (bicyclic) bond motifs is 1. The molecule has 0 radical (unpaired) electrons. The van der Waals surface area contributed by atoms with Crippen LogP contribution < -0.4 is 4.90 Å². The van der Waals surface area contributed by atoms with Gasteiger partial charge in [-0.15, -0.1) is 10.2 Å². The summed E-state index contributed by atoms with van der Waals surface area (Å²) in [4.78, 5) is 4.74. The fourth-order valence-corrected chi connectivity index (χ4v) is 4.03. The summed E-state index contributed by atoms with van der Waals surface area (Å²) in [6.45, 7) is 5.93. The number of piperidine rings is 1. The molecule has 0 spiro atoms. The van der Waals surface area contributed by atoms with Gasteiger partial charge in [-0.05, 0) is 38.4 Å². The normalized spacial score (nSPS) is 21.2. The molecule has 3 heterocycles. The van der Waals surface area contributed by atoms with Crippen LogP contribution in [-0.4, -0.2) is 60.5 Å². The third-order valence-electron chi connectivity index (χ3n) is 5.42. The van der Waals surface area contributed by atoms with Crippen molar-refractivity contribution in [3.05, 3.63) is 30.0 Å². The van der Waals surface area contributed by atoms with Crippen molar-refractivity contribution in [2.75, 3.05) is 44.2 Å². The fourth-order valence-electron chi connectivity index (χ4n) is 4.03. The van der Waals surface area contributed by atoms with E-state index in [1.807, 2.05) is 24.3 Å². The van der Waals surface area contributed by atoms with E-state index in [-0.39, 0.29) is 6.10 Å². The highest BCUT2D eigenvalue weighted by Gasteiger charge is 2.27. The molecule has 136 valence electrons. The van der Waals surface area contributed by atoms with Gasteiger partial charge in [-0.3, -0.25) is 0 Å². The van der Waals surface area contributed by atoms with Crippen molar-refractivity contribution in [2.24, 2.45) is 0 Å². The molecule has 2 aliphatic heterocycles. The standard InChI is InChI=1S/C20H25N5O/c21-14-19-20(17-6-2-3-7-18(17)22-23-19)25-11-8-16(15-25)26-13-12-24-9-4-1-5-10-24/h2-3,6-7,16H,1,4-5,8-13,15H2. The summed E-state index contributed by atoms with van der Waals surface area (Å²) in [5.74, 6) is 0. The Kier molecular flexibility index (Phi) is 5.28. The quantitative estimate of drug-likeness (QED) is 0.825. The van der Waals surface area contributed by atoms with E-state index in [0.29, 0.717) is 5.69 Å². The number of rotatable bonds is 5. The van der Waals surface area contributed by atoms with Crippen molar-refractivity contribution >= 4 is 16.6 Å². The van der Waals surface area contributed by atoms with E-state index in [1.165, 1.54) is 32.4 Å². The predicted octanol–water partition coefficient (Wildman–Crippen LogP) is 2.58. The van der Waals surface area contributed by atoms with Crippen molar-refractivity contribution in [3.63, 3.8) is 0 Å². The lowest BCUT2D eigenvalue weighted by molar-refractivity contribution is 0.0467. The average Bonchev–Trinajstić information content (AvgIpc) is 3.16. The Balaban J connectivity index is 1.41. The Bertz CT molecular complexity index is 796. The van der Waals surface area contributed by atoms with E-state index in [4.69, 9.17) is 4.74 Å². The average molecular weight is 351 g/mol. The maximum Gasteiger partial charge on any atom is 0.187 e. The summed E-state index contributed by atoms with van der Waals surface area (Å²) in [6, 6.07) is 10.1. The van der Waals surface area contributed by atoms with Crippen LogP contribution in [-0.2, 0) is 4.74 Å². The van der Waals surface area contributed by atoms with E-state index in [2.05, 4.69) is 26.1 Å². The lowest BCUT2D eigenvalue weighted by Crippen LogP contribution is -2.34. The topological polar surface area (TPSA) is 65.3 Å². The molecule has 0 amide bonds. The first-order valence-corrected chi connectivity index (χ1v) is 9.59. The largest absolute Gasteiger partial charge is 0.375 e. The molecule has 2 aliphatic rings. The lowest BCUT2D eigenvalue weighted by atomic mass is 10.1. The molecule has 6 heteroatoms. The summed E-state index contributed by atoms with van der Waals surface area (Å²) in [5, 5.41) is 18.8. The number of anilines is 1. The van der Waals surface area contributed by atoms with Gasteiger partial charge >= 0.3 is 0 Å². The molecular weight excluding hydrogens is 326 g/mol. The van der Waals surface area contributed by atoms with E-state index in [1.54, 1.807) is 0 Å². The van der Waals surface area contributed by atoms with Crippen LogP contribution >= 0.6 is 0 Å². The molecule has 0 N–H and O–H groups in total. The maximum atomic E-state index is 9.47. The summed E-state index contributed by atoms with van der Waals surface area (Å²) in [7, 11) is 0. The van der Waals surface area contributed by atoms with Gasteiger partial charge in [0.2, 0.25) is 0 Å². The van der Waals surface area contributed by atoms with Gasteiger partial charge in [0, 0.05) is 25.0 Å². The van der Waals surface area contributed by atoms with Gasteiger partial charge in [0.1, 0.15) is 6.07 Å². The van der Waals surface area contributed by atoms with Crippen LogP contribution in [0.5, 0.6) is 0 Å². The smallest absolute Gasteiger partial charge is 0.187 e.